The number of carboxylic acids is 1. The normalized spacial score (nSPS) is 10.9. The Morgan fingerprint density at radius 2 is 2.28 bits per heavy atom. The summed E-state index contributed by atoms with van der Waals surface area (Å²) >= 11 is 0. The minimum absolute atomic E-state index is 0.0676. The van der Waals surface area contributed by atoms with Crippen molar-refractivity contribution in [1.29, 1.82) is 0 Å². The van der Waals surface area contributed by atoms with E-state index >= 15 is 0 Å². The average molecular weight is 246 g/mol. The first-order valence-electron chi connectivity index (χ1n) is 5.12. The first-order chi connectivity index (χ1) is 8.66. The number of nitrogens with zero attached hydrogens (tertiary/aromatic N) is 1. The molecule has 0 bridgehead atoms. The molecule has 0 aliphatic rings. The molecule has 2 N–H and O–H groups in total. The van der Waals surface area contributed by atoms with Crippen LogP contribution in [0.5, 0.6) is 0 Å². The minimum atomic E-state index is -1.15. The van der Waals surface area contributed by atoms with Crippen LogP contribution in [-0.2, 0) is 0 Å². The number of halogens is 1. The highest BCUT2D eigenvalue weighted by atomic mass is 19.1. The van der Waals surface area contributed by atoms with E-state index in [0.717, 1.165) is 6.20 Å². The van der Waals surface area contributed by atoms with Gasteiger partial charge < -0.3 is 14.6 Å². The standard InChI is InChI=1S/C12H7FN2O3/c13-8-2-1-3-9-6(8)4-10(15-9)11-7(12(16)17)5-14-18-11/h1-5,15H,(H,16,17). The van der Waals surface area contributed by atoms with Gasteiger partial charge in [0.1, 0.15) is 11.4 Å². The molecule has 2 aromatic heterocycles. The van der Waals surface area contributed by atoms with Crippen LogP contribution in [0.4, 0.5) is 4.39 Å². The summed E-state index contributed by atoms with van der Waals surface area (Å²) in [6.07, 6.45) is 1.11. The van der Waals surface area contributed by atoms with E-state index in [9.17, 15) is 9.18 Å². The zero-order valence-electron chi connectivity index (χ0n) is 8.98. The number of hydrogen-bond acceptors (Lipinski definition) is 3. The number of H-pyrrole nitrogens is 1. The highest BCUT2D eigenvalue weighted by molar-refractivity contribution is 5.95. The molecular formula is C12H7FN2O3. The fourth-order valence-electron chi connectivity index (χ4n) is 1.83. The van der Waals surface area contributed by atoms with E-state index in [-0.39, 0.29) is 17.1 Å². The van der Waals surface area contributed by atoms with Crippen molar-refractivity contribution in [3.8, 4) is 11.5 Å². The summed E-state index contributed by atoms with van der Waals surface area (Å²) in [5.41, 5.74) is 0.879. The molecule has 3 rings (SSSR count). The lowest BCUT2D eigenvalue weighted by atomic mass is 10.2. The van der Waals surface area contributed by atoms with Gasteiger partial charge in [0, 0.05) is 10.9 Å². The molecule has 0 saturated heterocycles. The molecule has 0 aliphatic heterocycles. The van der Waals surface area contributed by atoms with E-state index in [0.29, 0.717) is 16.6 Å². The van der Waals surface area contributed by atoms with Crippen LogP contribution in [0.1, 0.15) is 10.4 Å². The number of hydrogen-bond donors (Lipinski definition) is 2. The van der Waals surface area contributed by atoms with Crippen molar-refractivity contribution in [2.45, 2.75) is 0 Å². The molecule has 0 radical (unpaired) electrons. The van der Waals surface area contributed by atoms with Crippen LogP contribution in [0.25, 0.3) is 22.4 Å². The number of aromatic nitrogens is 2. The lowest BCUT2D eigenvalue weighted by Gasteiger charge is -1.92. The topological polar surface area (TPSA) is 79.1 Å². The molecule has 18 heavy (non-hydrogen) atoms. The Kier molecular flexibility index (Phi) is 2.16. The molecule has 3 aromatic rings. The lowest BCUT2D eigenvalue weighted by Crippen LogP contribution is -1.95. The maximum absolute atomic E-state index is 13.5. The third-order valence-electron chi connectivity index (χ3n) is 2.66. The summed E-state index contributed by atoms with van der Waals surface area (Å²) in [7, 11) is 0. The van der Waals surface area contributed by atoms with Gasteiger partial charge in [-0.2, -0.15) is 0 Å². The van der Waals surface area contributed by atoms with E-state index < -0.39 is 5.97 Å². The molecular weight excluding hydrogens is 239 g/mol. The number of carbonyl (C=O) groups is 1. The van der Waals surface area contributed by atoms with Crippen LogP contribution in [0.2, 0.25) is 0 Å². The van der Waals surface area contributed by atoms with Gasteiger partial charge in [0.25, 0.3) is 0 Å². The molecule has 1 aromatic carbocycles. The summed E-state index contributed by atoms with van der Waals surface area (Å²) < 4.78 is 18.4. The van der Waals surface area contributed by atoms with Crippen molar-refractivity contribution in [3.63, 3.8) is 0 Å². The largest absolute Gasteiger partial charge is 0.477 e. The molecule has 0 amide bonds. The Bertz CT molecular complexity index is 745. The maximum atomic E-state index is 13.5. The number of nitrogens with one attached hydrogen (secondary N) is 1. The van der Waals surface area contributed by atoms with E-state index in [1.165, 1.54) is 12.1 Å². The van der Waals surface area contributed by atoms with Gasteiger partial charge in [-0.1, -0.05) is 11.2 Å². The van der Waals surface area contributed by atoms with Crippen LogP contribution in [-0.4, -0.2) is 21.2 Å². The fraction of sp³-hybridized carbons (Fsp3) is 0. The predicted molar refractivity (Wildman–Crippen MR) is 60.7 cm³/mol. The number of carboxylic acid groups (broad SMARTS) is 1. The van der Waals surface area contributed by atoms with Gasteiger partial charge in [-0.25, -0.2) is 9.18 Å². The van der Waals surface area contributed by atoms with Crippen LogP contribution >= 0.6 is 0 Å². The third-order valence-corrected chi connectivity index (χ3v) is 2.66. The van der Waals surface area contributed by atoms with Crippen LogP contribution in [0, 0.1) is 5.82 Å². The molecule has 0 atom stereocenters. The summed E-state index contributed by atoms with van der Waals surface area (Å²) in [5, 5.41) is 12.8. The first kappa shape index (κ1) is 10.5. The number of benzene rings is 1. The van der Waals surface area contributed by atoms with Crippen LogP contribution in [0.15, 0.2) is 35.0 Å². The molecule has 0 unspecified atom stereocenters. The molecule has 2 heterocycles. The van der Waals surface area contributed by atoms with Crippen LogP contribution in [0.3, 0.4) is 0 Å². The summed E-state index contributed by atoms with van der Waals surface area (Å²) in [4.78, 5) is 13.8. The molecule has 0 aliphatic carbocycles. The lowest BCUT2D eigenvalue weighted by molar-refractivity contribution is 0.0697. The quantitative estimate of drug-likeness (QED) is 0.728. The van der Waals surface area contributed by atoms with Gasteiger partial charge in [0.2, 0.25) is 0 Å². The number of aromatic carboxylic acids is 1. The van der Waals surface area contributed by atoms with Crippen molar-refractivity contribution >= 4 is 16.9 Å². The molecule has 0 fully saturated rings. The number of fused-ring (bicyclic) bond motifs is 1. The summed E-state index contributed by atoms with van der Waals surface area (Å²) in [6.45, 7) is 0. The molecule has 5 nitrogen and oxygen atoms in total. The Labute approximate surface area is 99.8 Å². The SMILES string of the molecule is O=C(O)c1cnoc1-c1cc2c(F)cccc2[nH]1. The van der Waals surface area contributed by atoms with Gasteiger partial charge in [0.15, 0.2) is 5.76 Å². The second-order valence-corrected chi connectivity index (χ2v) is 3.76. The number of aromatic amines is 1. The van der Waals surface area contributed by atoms with E-state index in [1.807, 2.05) is 0 Å². The van der Waals surface area contributed by atoms with Gasteiger partial charge in [-0.3, -0.25) is 0 Å². The fourth-order valence-corrected chi connectivity index (χ4v) is 1.83. The highest BCUT2D eigenvalue weighted by Gasteiger charge is 2.19. The minimum Gasteiger partial charge on any atom is -0.477 e. The van der Waals surface area contributed by atoms with Crippen molar-refractivity contribution in [2.75, 3.05) is 0 Å². The van der Waals surface area contributed by atoms with Gasteiger partial charge in [0.05, 0.1) is 11.9 Å². The molecule has 0 saturated carbocycles. The maximum Gasteiger partial charge on any atom is 0.341 e. The summed E-state index contributed by atoms with van der Waals surface area (Å²) in [5.74, 6) is -1.45. The van der Waals surface area contributed by atoms with E-state index in [1.54, 1.807) is 12.1 Å². The average Bonchev–Trinajstić information content (AvgIpc) is 2.95. The van der Waals surface area contributed by atoms with Crippen molar-refractivity contribution in [1.82, 2.24) is 10.1 Å². The Hall–Kier alpha value is -2.63. The molecule has 0 spiro atoms. The van der Waals surface area contributed by atoms with Gasteiger partial charge in [-0.05, 0) is 18.2 Å². The third kappa shape index (κ3) is 1.46. The van der Waals surface area contributed by atoms with Crippen molar-refractivity contribution < 1.29 is 18.8 Å². The first-order valence-corrected chi connectivity index (χ1v) is 5.12. The van der Waals surface area contributed by atoms with Crippen LogP contribution < -0.4 is 0 Å². The zero-order chi connectivity index (χ0) is 12.7. The van der Waals surface area contributed by atoms with Gasteiger partial charge >= 0.3 is 5.97 Å². The predicted octanol–water partition coefficient (Wildman–Crippen LogP) is 2.66. The zero-order valence-corrected chi connectivity index (χ0v) is 8.98. The molecule has 6 heteroatoms. The second-order valence-electron chi connectivity index (χ2n) is 3.76. The Morgan fingerprint density at radius 3 is 3.00 bits per heavy atom. The monoisotopic (exact) mass is 246 g/mol. The number of rotatable bonds is 2. The Balaban J connectivity index is 2.23. The second kappa shape index (κ2) is 3.69. The highest BCUT2D eigenvalue weighted by Crippen LogP contribution is 2.28. The van der Waals surface area contributed by atoms with Crippen molar-refractivity contribution in [3.05, 3.63) is 41.8 Å². The van der Waals surface area contributed by atoms with Crippen molar-refractivity contribution in [2.24, 2.45) is 0 Å². The smallest absolute Gasteiger partial charge is 0.341 e. The van der Waals surface area contributed by atoms with E-state index in [2.05, 4.69) is 10.1 Å². The summed E-state index contributed by atoms with van der Waals surface area (Å²) in [6, 6.07) is 6.09. The van der Waals surface area contributed by atoms with Gasteiger partial charge in [-0.15, -0.1) is 0 Å². The Morgan fingerprint density at radius 1 is 1.44 bits per heavy atom. The van der Waals surface area contributed by atoms with E-state index in [4.69, 9.17) is 9.63 Å². The molecule has 90 valence electrons.